The number of nitrogens with zero attached hydrogens (tertiary/aromatic N) is 2. The fourth-order valence-electron chi connectivity index (χ4n) is 0.532. The Balaban J connectivity index is 3.01. The Labute approximate surface area is 53.1 Å². The van der Waals surface area contributed by atoms with Gasteiger partial charge in [0.05, 0.1) is 17.6 Å². The molecule has 48 valence electrons. The first-order valence-corrected chi connectivity index (χ1v) is 2.58. The smallest absolute Gasteiger partial charge is 0.115 e. The van der Waals surface area contributed by atoms with E-state index in [0.29, 0.717) is 0 Å². The van der Waals surface area contributed by atoms with Crippen LogP contribution in [0.4, 0.5) is 5.69 Å². The second kappa shape index (κ2) is 2.41. The van der Waals surface area contributed by atoms with E-state index in [4.69, 9.17) is 5.84 Å². The van der Waals surface area contributed by atoms with Crippen molar-refractivity contribution in [3.05, 3.63) is 18.2 Å². The third-order valence-corrected chi connectivity index (χ3v) is 1.07. The van der Waals surface area contributed by atoms with E-state index in [1.165, 1.54) is 6.33 Å². The molecular weight excluding hydrogens is 116 g/mol. The average molecular weight is 124 g/mol. The van der Waals surface area contributed by atoms with Crippen molar-refractivity contribution in [2.75, 3.05) is 5.43 Å². The monoisotopic (exact) mass is 124 g/mol. The minimum atomic E-state index is 0.762. The molecule has 0 fully saturated rings. The molecule has 1 heterocycles. The number of nitrogen functional groups attached to an aromatic ring is 1. The molecule has 0 atom stereocenters. The van der Waals surface area contributed by atoms with Crippen LogP contribution in [0.1, 0.15) is 5.69 Å². The Morgan fingerprint density at radius 2 is 2.44 bits per heavy atom. The molecule has 0 aromatic carbocycles. The van der Waals surface area contributed by atoms with Gasteiger partial charge < -0.3 is 5.43 Å². The Kier molecular flexibility index (Phi) is 1.60. The van der Waals surface area contributed by atoms with Crippen LogP contribution in [-0.2, 0) is 0 Å². The van der Waals surface area contributed by atoms with E-state index in [1.54, 1.807) is 6.20 Å². The zero-order chi connectivity index (χ0) is 6.69. The van der Waals surface area contributed by atoms with Crippen molar-refractivity contribution in [2.24, 2.45) is 5.84 Å². The Morgan fingerprint density at radius 3 is 2.89 bits per heavy atom. The second-order valence-corrected chi connectivity index (χ2v) is 1.67. The molecule has 0 aliphatic rings. The first-order valence-electron chi connectivity index (χ1n) is 2.58. The van der Waals surface area contributed by atoms with Gasteiger partial charge >= 0.3 is 0 Å². The molecule has 0 aliphatic heterocycles. The van der Waals surface area contributed by atoms with E-state index in [0.717, 1.165) is 11.4 Å². The van der Waals surface area contributed by atoms with Gasteiger partial charge in [-0.25, -0.2) is 9.97 Å². The van der Waals surface area contributed by atoms with Crippen LogP contribution in [0.5, 0.6) is 0 Å². The molecule has 1 aromatic heterocycles. The highest BCUT2D eigenvalue weighted by molar-refractivity contribution is 5.42. The van der Waals surface area contributed by atoms with Crippen molar-refractivity contribution in [3.63, 3.8) is 0 Å². The van der Waals surface area contributed by atoms with Crippen LogP contribution >= 0.6 is 0 Å². The summed E-state index contributed by atoms with van der Waals surface area (Å²) in [6, 6.07) is 0. The first kappa shape index (κ1) is 5.97. The lowest BCUT2D eigenvalue weighted by Gasteiger charge is -1.99. The Morgan fingerprint density at radius 1 is 1.67 bits per heavy atom. The lowest BCUT2D eigenvalue weighted by Crippen LogP contribution is -2.08. The third kappa shape index (κ3) is 1.14. The largest absolute Gasteiger partial charge is 0.321 e. The lowest BCUT2D eigenvalue weighted by atomic mass is 10.4. The number of aryl methyl sites for hydroxylation is 1. The number of hydrogen-bond acceptors (Lipinski definition) is 4. The first-order chi connectivity index (χ1) is 4.34. The van der Waals surface area contributed by atoms with Crippen LogP contribution in [0.25, 0.3) is 0 Å². The zero-order valence-electron chi connectivity index (χ0n) is 5.13. The Hall–Kier alpha value is -1.16. The normalized spacial score (nSPS) is 9.11. The molecule has 0 bridgehead atoms. The van der Waals surface area contributed by atoms with E-state index in [9.17, 15) is 0 Å². The number of hydrogen-bond donors (Lipinski definition) is 2. The van der Waals surface area contributed by atoms with Crippen LogP contribution in [0.15, 0.2) is 12.5 Å². The van der Waals surface area contributed by atoms with E-state index < -0.39 is 0 Å². The van der Waals surface area contributed by atoms with Crippen LogP contribution in [0, 0.1) is 6.92 Å². The lowest BCUT2D eigenvalue weighted by molar-refractivity contribution is 1.09. The maximum atomic E-state index is 5.12. The fourth-order valence-corrected chi connectivity index (χ4v) is 0.532. The molecule has 0 radical (unpaired) electrons. The van der Waals surface area contributed by atoms with Crippen LogP contribution in [-0.4, -0.2) is 9.97 Å². The predicted molar refractivity (Wildman–Crippen MR) is 34.6 cm³/mol. The molecular formula is C5H8N4. The van der Waals surface area contributed by atoms with Gasteiger partial charge in [-0.1, -0.05) is 0 Å². The zero-order valence-corrected chi connectivity index (χ0v) is 5.13. The summed E-state index contributed by atoms with van der Waals surface area (Å²) in [5.74, 6) is 5.12. The molecule has 1 rings (SSSR count). The summed E-state index contributed by atoms with van der Waals surface area (Å²) in [6.07, 6.45) is 3.11. The van der Waals surface area contributed by atoms with Crippen molar-refractivity contribution in [1.82, 2.24) is 9.97 Å². The van der Waals surface area contributed by atoms with Gasteiger partial charge in [-0.3, -0.25) is 5.84 Å². The minimum absolute atomic E-state index is 0.762. The third-order valence-electron chi connectivity index (χ3n) is 1.07. The highest BCUT2D eigenvalue weighted by atomic mass is 15.2. The maximum absolute atomic E-state index is 5.12. The molecule has 0 saturated heterocycles. The van der Waals surface area contributed by atoms with Crippen LogP contribution in [0.3, 0.4) is 0 Å². The van der Waals surface area contributed by atoms with Crippen molar-refractivity contribution >= 4 is 5.69 Å². The minimum Gasteiger partial charge on any atom is -0.321 e. The number of aromatic nitrogens is 2. The van der Waals surface area contributed by atoms with Gasteiger partial charge in [-0.15, -0.1) is 0 Å². The number of nitrogens with one attached hydrogen (secondary N) is 1. The van der Waals surface area contributed by atoms with Gasteiger partial charge in [0.1, 0.15) is 6.33 Å². The van der Waals surface area contributed by atoms with E-state index >= 15 is 0 Å². The second-order valence-electron chi connectivity index (χ2n) is 1.67. The summed E-state index contributed by atoms with van der Waals surface area (Å²) in [5.41, 5.74) is 4.09. The summed E-state index contributed by atoms with van der Waals surface area (Å²) in [7, 11) is 0. The molecule has 9 heavy (non-hydrogen) atoms. The van der Waals surface area contributed by atoms with Crippen molar-refractivity contribution < 1.29 is 0 Å². The molecule has 0 amide bonds. The van der Waals surface area contributed by atoms with Gasteiger partial charge in [0.25, 0.3) is 0 Å². The van der Waals surface area contributed by atoms with Crippen molar-refractivity contribution in [1.29, 1.82) is 0 Å². The van der Waals surface area contributed by atoms with Crippen LogP contribution < -0.4 is 11.3 Å². The van der Waals surface area contributed by atoms with Gasteiger partial charge in [-0.2, -0.15) is 0 Å². The average Bonchev–Trinajstić information content (AvgIpc) is 1.89. The van der Waals surface area contributed by atoms with Crippen molar-refractivity contribution in [2.45, 2.75) is 6.92 Å². The molecule has 4 nitrogen and oxygen atoms in total. The fraction of sp³-hybridized carbons (Fsp3) is 0.200. The summed E-state index contributed by atoms with van der Waals surface area (Å²) < 4.78 is 0. The summed E-state index contributed by atoms with van der Waals surface area (Å²) >= 11 is 0. The molecule has 0 aliphatic carbocycles. The molecule has 3 N–H and O–H groups in total. The SMILES string of the molecule is Cc1ncncc1NN. The maximum Gasteiger partial charge on any atom is 0.115 e. The van der Waals surface area contributed by atoms with E-state index in [2.05, 4.69) is 15.4 Å². The van der Waals surface area contributed by atoms with Gasteiger partial charge in [0.15, 0.2) is 0 Å². The van der Waals surface area contributed by atoms with Gasteiger partial charge in [-0.05, 0) is 6.92 Å². The van der Waals surface area contributed by atoms with Crippen molar-refractivity contribution in [3.8, 4) is 0 Å². The highest BCUT2D eigenvalue weighted by Crippen LogP contribution is 2.04. The quantitative estimate of drug-likeness (QED) is 0.411. The number of rotatable bonds is 1. The van der Waals surface area contributed by atoms with Gasteiger partial charge in [0.2, 0.25) is 0 Å². The van der Waals surface area contributed by atoms with E-state index in [1.807, 2.05) is 6.92 Å². The van der Waals surface area contributed by atoms with E-state index in [-0.39, 0.29) is 0 Å². The highest BCUT2D eigenvalue weighted by Gasteiger charge is 1.91. The molecule has 0 saturated carbocycles. The standard InChI is InChI=1S/C5H8N4/c1-4-5(9-6)2-7-3-8-4/h2-3,9H,6H2,1H3. The summed E-state index contributed by atoms with van der Waals surface area (Å²) in [6.45, 7) is 1.86. The molecule has 0 unspecified atom stereocenters. The van der Waals surface area contributed by atoms with Crippen LogP contribution in [0.2, 0.25) is 0 Å². The number of nitrogens with two attached hydrogens (primary N) is 1. The Bertz CT molecular complexity index is 198. The molecule has 1 aromatic rings. The summed E-state index contributed by atoms with van der Waals surface area (Å²) in [4.78, 5) is 7.66. The molecule has 0 spiro atoms. The number of hydrazine groups is 1. The number of anilines is 1. The summed E-state index contributed by atoms with van der Waals surface area (Å²) in [5, 5.41) is 0. The predicted octanol–water partition coefficient (Wildman–Crippen LogP) is 0.0706. The molecule has 4 heteroatoms. The topological polar surface area (TPSA) is 63.8 Å². The van der Waals surface area contributed by atoms with Gasteiger partial charge in [0, 0.05) is 0 Å².